The minimum Gasteiger partial charge on any atom is -0.493 e. The second kappa shape index (κ2) is 4.52. The molecule has 1 unspecified atom stereocenters. The maximum absolute atomic E-state index is 6.66. The molecule has 1 heterocycles. The fraction of sp³-hybridized carbons (Fsp3) is 0.647. The Hall–Kier alpha value is -1.02. The van der Waals surface area contributed by atoms with Crippen molar-refractivity contribution >= 4 is 0 Å². The van der Waals surface area contributed by atoms with Gasteiger partial charge in [-0.3, -0.25) is 0 Å². The maximum Gasteiger partial charge on any atom is 0.122 e. The summed E-state index contributed by atoms with van der Waals surface area (Å²) in [6.07, 6.45) is 5.87. The van der Waals surface area contributed by atoms with Crippen molar-refractivity contribution in [3.05, 3.63) is 29.8 Å². The molecule has 1 aliphatic carbocycles. The molecular formula is C17H25NO. The van der Waals surface area contributed by atoms with Crippen LogP contribution in [0.15, 0.2) is 24.3 Å². The number of nitrogens with two attached hydrogens (primary N) is 1. The van der Waals surface area contributed by atoms with E-state index in [4.69, 9.17) is 10.5 Å². The van der Waals surface area contributed by atoms with E-state index < -0.39 is 0 Å². The predicted octanol–water partition coefficient (Wildman–Crippen LogP) is 3.85. The smallest absolute Gasteiger partial charge is 0.122 e. The third-order valence-corrected chi connectivity index (χ3v) is 5.05. The van der Waals surface area contributed by atoms with Crippen LogP contribution < -0.4 is 10.5 Å². The Balaban J connectivity index is 1.70. The van der Waals surface area contributed by atoms with Gasteiger partial charge in [0.15, 0.2) is 0 Å². The minimum absolute atomic E-state index is 0.0149. The first-order valence-corrected chi connectivity index (χ1v) is 7.48. The maximum atomic E-state index is 6.66. The van der Waals surface area contributed by atoms with Crippen molar-refractivity contribution in [1.82, 2.24) is 0 Å². The van der Waals surface area contributed by atoms with E-state index in [1.54, 1.807) is 0 Å². The van der Waals surface area contributed by atoms with Crippen LogP contribution in [0, 0.1) is 5.41 Å². The highest BCUT2D eigenvalue weighted by molar-refractivity contribution is 5.39. The molecule has 1 atom stereocenters. The number of para-hydroxylation sites is 1. The number of benzene rings is 1. The lowest BCUT2D eigenvalue weighted by Gasteiger charge is -2.42. The molecule has 0 radical (unpaired) electrons. The largest absolute Gasteiger partial charge is 0.493 e. The highest BCUT2D eigenvalue weighted by atomic mass is 16.5. The van der Waals surface area contributed by atoms with Crippen molar-refractivity contribution < 1.29 is 4.74 Å². The van der Waals surface area contributed by atoms with Crippen molar-refractivity contribution in [2.75, 3.05) is 6.61 Å². The average Bonchev–Trinajstić information content (AvgIpc) is 2.78. The Labute approximate surface area is 116 Å². The summed E-state index contributed by atoms with van der Waals surface area (Å²) in [5.41, 5.74) is 8.51. The van der Waals surface area contributed by atoms with E-state index in [1.165, 1.54) is 18.4 Å². The van der Waals surface area contributed by atoms with Crippen LogP contribution in [0.5, 0.6) is 5.75 Å². The van der Waals surface area contributed by atoms with Gasteiger partial charge in [-0.2, -0.15) is 0 Å². The molecular weight excluding hydrogens is 234 g/mol. The first-order chi connectivity index (χ1) is 8.98. The summed E-state index contributed by atoms with van der Waals surface area (Å²) in [4.78, 5) is 0. The minimum atomic E-state index is 0.0149. The second-order valence-electron chi connectivity index (χ2n) is 7.28. The van der Waals surface area contributed by atoms with Crippen LogP contribution in [0.25, 0.3) is 0 Å². The zero-order valence-corrected chi connectivity index (χ0v) is 12.1. The molecule has 1 fully saturated rings. The molecule has 2 nitrogen and oxygen atoms in total. The molecule has 19 heavy (non-hydrogen) atoms. The number of hydrogen-bond donors (Lipinski definition) is 1. The normalized spacial score (nSPS) is 27.6. The van der Waals surface area contributed by atoms with Crippen LogP contribution in [0.3, 0.4) is 0 Å². The van der Waals surface area contributed by atoms with Crippen molar-refractivity contribution in [3.63, 3.8) is 0 Å². The number of fused-ring (bicyclic) bond motifs is 1. The van der Waals surface area contributed by atoms with Crippen LogP contribution in [-0.4, -0.2) is 12.1 Å². The van der Waals surface area contributed by atoms with Gasteiger partial charge in [0, 0.05) is 17.0 Å². The molecule has 0 saturated heterocycles. The van der Waals surface area contributed by atoms with Gasteiger partial charge in [0.2, 0.25) is 0 Å². The van der Waals surface area contributed by atoms with Crippen molar-refractivity contribution in [1.29, 1.82) is 0 Å². The molecule has 0 amide bonds. The SMILES string of the molecule is CC1(C)CCC(N)(CC2COc3ccccc32)CC1. The van der Waals surface area contributed by atoms with E-state index in [2.05, 4.69) is 32.0 Å². The molecule has 2 heteroatoms. The van der Waals surface area contributed by atoms with Crippen molar-refractivity contribution in [2.24, 2.45) is 11.1 Å². The fourth-order valence-corrected chi connectivity index (χ4v) is 3.52. The average molecular weight is 259 g/mol. The Bertz CT molecular complexity index is 456. The van der Waals surface area contributed by atoms with Gasteiger partial charge >= 0.3 is 0 Å². The van der Waals surface area contributed by atoms with E-state index in [9.17, 15) is 0 Å². The Kier molecular flexibility index (Phi) is 3.09. The third-order valence-electron chi connectivity index (χ3n) is 5.05. The van der Waals surface area contributed by atoms with Gasteiger partial charge in [-0.15, -0.1) is 0 Å². The lowest BCUT2D eigenvalue weighted by molar-refractivity contribution is 0.147. The topological polar surface area (TPSA) is 35.2 Å². The van der Waals surface area contributed by atoms with E-state index >= 15 is 0 Å². The van der Waals surface area contributed by atoms with Crippen LogP contribution in [0.4, 0.5) is 0 Å². The predicted molar refractivity (Wildman–Crippen MR) is 78.5 cm³/mol. The molecule has 2 N–H and O–H groups in total. The Morgan fingerprint density at radius 2 is 1.84 bits per heavy atom. The van der Waals surface area contributed by atoms with Crippen LogP contribution in [-0.2, 0) is 0 Å². The molecule has 1 aromatic carbocycles. The molecule has 0 aromatic heterocycles. The van der Waals surface area contributed by atoms with Crippen LogP contribution >= 0.6 is 0 Å². The lowest BCUT2D eigenvalue weighted by atomic mass is 9.67. The standard InChI is InChI=1S/C17H25NO/c1-16(2)7-9-17(18,10-8-16)11-13-12-19-15-6-4-3-5-14(13)15/h3-6,13H,7-12,18H2,1-2H3. The molecule has 1 saturated carbocycles. The molecule has 0 bridgehead atoms. The Morgan fingerprint density at radius 3 is 2.58 bits per heavy atom. The van der Waals surface area contributed by atoms with Gasteiger partial charge < -0.3 is 10.5 Å². The van der Waals surface area contributed by atoms with Gasteiger partial charge in [-0.05, 0) is 43.6 Å². The molecule has 104 valence electrons. The molecule has 1 aliphatic heterocycles. The first kappa shape index (κ1) is 13.0. The summed E-state index contributed by atoms with van der Waals surface area (Å²) in [6, 6.07) is 8.42. The van der Waals surface area contributed by atoms with Gasteiger partial charge in [-0.25, -0.2) is 0 Å². The van der Waals surface area contributed by atoms with Crippen LogP contribution in [0.2, 0.25) is 0 Å². The quantitative estimate of drug-likeness (QED) is 0.875. The number of ether oxygens (including phenoxy) is 1. The van der Waals surface area contributed by atoms with Gasteiger partial charge in [-0.1, -0.05) is 32.0 Å². The lowest BCUT2D eigenvalue weighted by Crippen LogP contribution is -2.46. The van der Waals surface area contributed by atoms with E-state index in [0.717, 1.165) is 31.6 Å². The van der Waals surface area contributed by atoms with Gasteiger partial charge in [0.25, 0.3) is 0 Å². The van der Waals surface area contributed by atoms with E-state index in [-0.39, 0.29) is 5.54 Å². The molecule has 0 spiro atoms. The second-order valence-corrected chi connectivity index (χ2v) is 7.28. The van der Waals surface area contributed by atoms with Crippen molar-refractivity contribution in [2.45, 2.75) is 57.4 Å². The Morgan fingerprint density at radius 1 is 1.16 bits per heavy atom. The summed E-state index contributed by atoms with van der Waals surface area (Å²) in [5, 5.41) is 0. The molecule has 1 aromatic rings. The third kappa shape index (κ3) is 2.64. The summed E-state index contributed by atoms with van der Waals surface area (Å²) in [5.74, 6) is 1.55. The highest BCUT2D eigenvalue weighted by Gasteiger charge is 2.38. The van der Waals surface area contributed by atoms with Crippen LogP contribution in [0.1, 0.15) is 57.4 Å². The summed E-state index contributed by atoms with van der Waals surface area (Å²) in [7, 11) is 0. The first-order valence-electron chi connectivity index (χ1n) is 7.48. The molecule has 2 aliphatic rings. The monoisotopic (exact) mass is 259 g/mol. The summed E-state index contributed by atoms with van der Waals surface area (Å²) >= 11 is 0. The van der Waals surface area contributed by atoms with Gasteiger partial charge in [0.1, 0.15) is 5.75 Å². The van der Waals surface area contributed by atoms with E-state index in [0.29, 0.717) is 11.3 Å². The fourth-order valence-electron chi connectivity index (χ4n) is 3.52. The number of rotatable bonds is 2. The van der Waals surface area contributed by atoms with E-state index in [1.807, 2.05) is 6.07 Å². The number of hydrogen-bond acceptors (Lipinski definition) is 2. The van der Waals surface area contributed by atoms with Crippen molar-refractivity contribution in [3.8, 4) is 5.75 Å². The molecule has 3 rings (SSSR count). The van der Waals surface area contributed by atoms with Gasteiger partial charge in [0.05, 0.1) is 6.61 Å². The zero-order valence-electron chi connectivity index (χ0n) is 12.1. The zero-order chi connectivity index (χ0) is 13.5. The highest BCUT2D eigenvalue weighted by Crippen LogP contribution is 2.45. The summed E-state index contributed by atoms with van der Waals surface area (Å²) < 4.78 is 5.78. The summed E-state index contributed by atoms with van der Waals surface area (Å²) in [6.45, 7) is 5.53.